The van der Waals surface area contributed by atoms with Gasteiger partial charge in [0, 0.05) is 29.7 Å². The molecule has 0 aliphatic carbocycles. The smallest absolute Gasteiger partial charge is 0.323 e. The Labute approximate surface area is 127 Å². The Morgan fingerprint density at radius 3 is 2.90 bits per heavy atom. The maximum Gasteiger partial charge on any atom is 0.323 e. The quantitative estimate of drug-likeness (QED) is 0.943. The van der Waals surface area contributed by atoms with E-state index in [1.54, 1.807) is 23.7 Å². The lowest BCUT2D eigenvalue weighted by molar-refractivity contribution is -0.135. The molecule has 3 rings (SSSR count). The monoisotopic (exact) mass is 300 g/mol. The Balaban J connectivity index is 2.03. The number of carboxylic acids is 1. The molecule has 21 heavy (non-hydrogen) atoms. The van der Waals surface area contributed by atoms with Crippen molar-refractivity contribution < 1.29 is 9.90 Å². The Kier molecular flexibility index (Phi) is 3.59. The molecule has 0 radical (unpaired) electrons. The van der Waals surface area contributed by atoms with E-state index < -0.39 is 5.97 Å². The van der Waals surface area contributed by atoms with Crippen molar-refractivity contribution in [1.29, 1.82) is 0 Å². The average Bonchev–Trinajstić information content (AvgIpc) is 2.45. The maximum absolute atomic E-state index is 10.9. The van der Waals surface area contributed by atoms with Crippen molar-refractivity contribution in [3.8, 4) is 11.1 Å². The zero-order valence-electron chi connectivity index (χ0n) is 12.0. The van der Waals surface area contributed by atoms with E-state index in [2.05, 4.69) is 23.2 Å². The molecule has 1 aliphatic rings. The molecule has 0 spiro atoms. The predicted octanol–water partition coefficient (Wildman–Crippen LogP) is 3.18. The first kappa shape index (κ1) is 13.9. The second-order valence-electron chi connectivity index (χ2n) is 5.19. The maximum atomic E-state index is 10.9. The summed E-state index contributed by atoms with van der Waals surface area (Å²) >= 11 is 1.75. The van der Waals surface area contributed by atoms with Gasteiger partial charge < -0.3 is 10.0 Å². The highest BCUT2D eigenvalue weighted by Crippen LogP contribution is 2.41. The normalized spacial score (nSPS) is 12.5. The van der Waals surface area contributed by atoms with Gasteiger partial charge in [0.2, 0.25) is 0 Å². The summed E-state index contributed by atoms with van der Waals surface area (Å²) in [6, 6.07) is 10.2. The van der Waals surface area contributed by atoms with Crippen LogP contribution in [-0.4, -0.2) is 29.7 Å². The summed E-state index contributed by atoms with van der Waals surface area (Å²) in [4.78, 5) is 17.2. The van der Waals surface area contributed by atoms with Crippen LogP contribution in [0.5, 0.6) is 0 Å². The van der Waals surface area contributed by atoms with Gasteiger partial charge in [0.15, 0.2) is 0 Å². The number of pyridine rings is 1. The molecule has 0 fully saturated rings. The van der Waals surface area contributed by atoms with E-state index in [9.17, 15) is 4.79 Å². The number of hydrogen-bond acceptors (Lipinski definition) is 4. The molecule has 4 nitrogen and oxygen atoms in total. The van der Waals surface area contributed by atoms with Crippen LogP contribution in [-0.2, 0) is 10.5 Å². The number of carbonyl (C=O) groups is 1. The topological polar surface area (TPSA) is 53.4 Å². The minimum atomic E-state index is -0.830. The van der Waals surface area contributed by atoms with Crippen molar-refractivity contribution in [2.45, 2.75) is 17.7 Å². The molecular weight excluding hydrogens is 284 g/mol. The highest BCUT2D eigenvalue weighted by Gasteiger charge is 2.19. The number of fused-ring (bicyclic) bond motifs is 3. The van der Waals surface area contributed by atoms with Gasteiger partial charge in [-0.2, -0.15) is 0 Å². The predicted molar refractivity (Wildman–Crippen MR) is 84.9 cm³/mol. The van der Waals surface area contributed by atoms with E-state index in [0.29, 0.717) is 0 Å². The lowest BCUT2D eigenvalue weighted by Gasteiger charge is -2.23. The standard InChI is InChI=1S/C16H16N2O2S/c1-10-3-6-13-14-7-12(18(2)8-15(19)20)5-4-11(14)9-21-16(13)17-10/h3-7H,8-9H2,1-2H3,(H,19,20). The zero-order chi connectivity index (χ0) is 15.0. The first-order chi connectivity index (χ1) is 10.0. The van der Waals surface area contributed by atoms with Crippen LogP contribution in [0.25, 0.3) is 11.1 Å². The van der Waals surface area contributed by atoms with E-state index in [0.717, 1.165) is 33.3 Å². The number of aryl methyl sites for hydroxylation is 1. The molecule has 5 heteroatoms. The fourth-order valence-corrected chi connectivity index (χ4v) is 3.55. The van der Waals surface area contributed by atoms with E-state index in [4.69, 9.17) is 5.11 Å². The van der Waals surface area contributed by atoms with Crippen LogP contribution in [0.3, 0.4) is 0 Å². The first-order valence-electron chi connectivity index (χ1n) is 6.71. The summed E-state index contributed by atoms with van der Waals surface area (Å²) in [6.45, 7) is 1.99. The van der Waals surface area contributed by atoms with E-state index in [1.807, 2.05) is 19.1 Å². The third kappa shape index (κ3) is 2.74. The van der Waals surface area contributed by atoms with Gasteiger partial charge in [0.25, 0.3) is 0 Å². The average molecular weight is 300 g/mol. The Hall–Kier alpha value is -2.01. The molecule has 108 valence electrons. The number of likely N-dealkylation sites (N-methyl/N-ethyl adjacent to an activating group) is 1. The number of aliphatic carboxylic acids is 1. The van der Waals surface area contributed by atoms with Crippen LogP contribution in [0.1, 0.15) is 11.3 Å². The second-order valence-corrected chi connectivity index (χ2v) is 6.15. The number of benzene rings is 1. The van der Waals surface area contributed by atoms with Gasteiger partial charge >= 0.3 is 5.97 Å². The molecule has 2 heterocycles. The van der Waals surface area contributed by atoms with Gasteiger partial charge in [0.1, 0.15) is 11.6 Å². The van der Waals surface area contributed by atoms with E-state index >= 15 is 0 Å². The molecule has 0 bridgehead atoms. The summed E-state index contributed by atoms with van der Waals surface area (Å²) < 4.78 is 0. The molecule has 1 aromatic heterocycles. The third-order valence-corrected chi connectivity index (χ3v) is 4.60. The zero-order valence-corrected chi connectivity index (χ0v) is 12.8. The van der Waals surface area contributed by atoms with Gasteiger partial charge in [-0.1, -0.05) is 6.07 Å². The number of hydrogen-bond donors (Lipinski definition) is 1. The number of rotatable bonds is 3. The summed E-state index contributed by atoms with van der Waals surface area (Å²) in [5.74, 6) is 0.0744. The van der Waals surface area contributed by atoms with Crippen molar-refractivity contribution in [1.82, 2.24) is 4.98 Å². The largest absolute Gasteiger partial charge is 0.480 e. The molecule has 0 amide bonds. The molecule has 0 saturated heterocycles. The molecule has 0 atom stereocenters. The molecule has 1 aromatic carbocycles. The summed E-state index contributed by atoms with van der Waals surface area (Å²) in [5, 5.41) is 9.97. The Bertz CT molecular complexity index is 715. The number of carboxylic acid groups (broad SMARTS) is 1. The SMILES string of the molecule is Cc1ccc2c(n1)SCc1ccc(N(C)CC(=O)O)cc1-2. The van der Waals surface area contributed by atoms with E-state index in [-0.39, 0.29) is 6.54 Å². The minimum Gasteiger partial charge on any atom is -0.480 e. The van der Waals surface area contributed by atoms with Crippen molar-refractivity contribution in [3.05, 3.63) is 41.6 Å². The molecule has 1 N–H and O–H groups in total. The second kappa shape index (κ2) is 5.41. The molecule has 0 unspecified atom stereocenters. The van der Waals surface area contributed by atoms with Gasteiger partial charge in [-0.15, -0.1) is 11.8 Å². The number of nitrogens with zero attached hydrogens (tertiary/aromatic N) is 2. The highest BCUT2D eigenvalue weighted by molar-refractivity contribution is 7.98. The fraction of sp³-hybridized carbons (Fsp3) is 0.250. The first-order valence-corrected chi connectivity index (χ1v) is 7.70. The number of thioether (sulfide) groups is 1. The van der Waals surface area contributed by atoms with Crippen LogP contribution in [0.15, 0.2) is 35.4 Å². The third-order valence-electron chi connectivity index (χ3n) is 3.56. The minimum absolute atomic E-state index is 0.00740. The van der Waals surface area contributed by atoms with Crippen LogP contribution in [0.2, 0.25) is 0 Å². The van der Waals surface area contributed by atoms with Crippen molar-refractivity contribution in [3.63, 3.8) is 0 Å². The lowest BCUT2D eigenvalue weighted by atomic mass is 10.00. The van der Waals surface area contributed by atoms with Crippen molar-refractivity contribution in [2.24, 2.45) is 0 Å². The Morgan fingerprint density at radius 1 is 1.33 bits per heavy atom. The van der Waals surface area contributed by atoms with Crippen molar-refractivity contribution >= 4 is 23.4 Å². The van der Waals surface area contributed by atoms with Gasteiger partial charge in [-0.05, 0) is 42.3 Å². The summed E-state index contributed by atoms with van der Waals surface area (Å²) in [7, 11) is 1.79. The van der Waals surface area contributed by atoms with Gasteiger partial charge in [0.05, 0.1) is 0 Å². The molecule has 2 aromatic rings. The molecule has 0 saturated carbocycles. The fourth-order valence-electron chi connectivity index (χ4n) is 2.47. The summed E-state index contributed by atoms with van der Waals surface area (Å²) in [6.07, 6.45) is 0. The van der Waals surface area contributed by atoms with Gasteiger partial charge in [-0.25, -0.2) is 4.98 Å². The van der Waals surface area contributed by atoms with Crippen LogP contribution in [0, 0.1) is 6.92 Å². The highest BCUT2D eigenvalue weighted by atomic mass is 32.2. The van der Waals surface area contributed by atoms with Gasteiger partial charge in [-0.3, -0.25) is 4.79 Å². The summed E-state index contributed by atoms with van der Waals surface area (Å²) in [5.41, 5.74) is 5.49. The van der Waals surface area contributed by atoms with E-state index in [1.165, 1.54) is 5.56 Å². The number of aromatic nitrogens is 1. The molecule has 1 aliphatic heterocycles. The van der Waals surface area contributed by atoms with Crippen molar-refractivity contribution in [2.75, 3.05) is 18.5 Å². The number of anilines is 1. The Morgan fingerprint density at radius 2 is 2.14 bits per heavy atom. The van der Waals surface area contributed by atoms with Crippen LogP contribution < -0.4 is 4.90 Å². The van der Waals surface area contributed by atoms with Crippen LogP contribution >= 0.6 is 11.8 Å². The lowest BCUT2D eigenvalue weighted by Crippen LogP contribution is -2.25. The molecular formula is C16H16N2O2S. The van der Waals surface area contributed by atoms with Crippen LogP contribution in [0.4, 0.5) is 5.69 Å².